The number of nitrogens with zero attached hydrogens (tertiary/aromatic N) is 3. The van der Waals surface area contributed by atoms with Crippen LogP contribution in [0.15, 0.2) is 106 Å². The van der Waals surface area contributed by atoms with Crippen molar-refractivity contribution in [2.75, 3.05) is 13.2 Å². The molecule has 0 bridgehead atoms. The van der Waals surface area contributed by atoms with Crippen LogP contribution in [-0.2, 0) is 16.1 Å². The average Bonchev–Trinajstić information content (AvgIpc) is 3.42. The summed E-state index contributed by atoms with van der Waals surface area (Å²) >= 11 is 5.75. The fourth-order valence-corrected chi connectivity index (χ4v) is 8.52. The molecule has 1 aliphatic heterocycles. The summed E-state index contributed by atoms with van der Waals surface area (Å²) in [5, 5.41) is 9.16. The van der Waals surface area contributed by atoms with Gasteiger partial charge < -0.3 is 14.2 Å². The number of esters is 1. The maximum absolute atomic E-state index is 14.5. The van der Waals surface area contributed by atoms with Crippen molar-refractivity contribution in [3.8, 4) is 17.6 Å². The number of benzene rings is 4. The normalized spacial score (nSPS) is 14.1. The standard InChI is InChI=1S/C38H29I2N3O5S/c1-3-46-29-16-14-26(15-17-29)34-32(37(45)47-4-2)33(25-8-6-5-7-9-25)42-38-43(34)36(44)31(49-38)19-27-18-28(39)20-30(40)35(27)48-22-24-12-10-23(21-41)11-13-24/h5-20,34H,3-4,22H2,1-2H3/b31-19-/t34-/m0/s1. The first-order chi connectivity index (χ1) is 23.8. The summed E-state index contributed by atoms with van der Waals surface area (Å²) < 4.78 is 21.5. The van der Waals surface area contributed by atoms with Crippen molar-refractivity contribution >= 4 is 74.3 Å². The van der Waals surface area contributed by atoms with Gasteiger partial charge in [-0.15, -0.1) is 0 Å². The van der Waals surface area contributed by atoms with Crippen molar-refractivity contribution in [3.05, 3.63) is 151 Å². The minimum Gasteiger partial charge on any atom is -0.494 e. The molecule has 0 saturated heterocycles. The summed E-state index contributed by atoms with van der Waals surface area (Å²) in [6, 6.07) is 29.5. The van der Waals surface area contributed by atoms with Crippen LogP contribution in [0.3, 0.4) is 0 Å². The summed E-state index contributed by atoms with van der Waals surface area (Å²) in [7, 11) is 0. The van der Waals surface area contributed by atoms with Crippen LogP contribution in [-0.4, -0.2) is 23.8 Å². The van der Waals surface area contributed by atoms with E-state index in [1.54, 1.807) is 23.6 Å². The monoisotopic (exact) mass is 893 g/mol. The molecule has 0 fully saturated rings. The number of carbonyl (C=O) groups is 1. The van der Waals surface area contributed by atoms with E-state index in [-0.39, 0.29) is 24.3 Å². The summed E-state index contributed by atoms with van der Waals surface area (Å²) in [5.41, 5.74) is 4.14. The number of halogens is 2. The van der Waals surface area contributed by atoms with Gasteiger partial charge in [0.2, 0.25) is 0 Å². The van der Waals surface area contributed by atoms with E-state index in [4.69, 9.17) is 24.5 Å². The smallest absolute Gasteiger partial charge is 0.338 e. The number of thiazole rings is 1. The van der Waals surface area contributed by atoms with E-state index in [9.17, 15) is 9.59 Å². The first-order valence-corrected chi connectivity index (χ1v) is 18.4. The van der Waals surface area contributed by atoms with Gasteiger partial charge >= 0.3 is 5.97 Å². The van der Waals surface area contributed by atoms with Gasteiger partial charge in [-0.3, -0.25) is 9.36 Å². The fraction of sp³-hybridized carbons (Fsp3) is 0.158. The van der Waals surface area contributed by atoms with E-state index >= 15 is 0 Å². The third-order valence-corrected chi connectivity index (χ3v) is 10.1. The average molecular weight is 894 g/mol. The molecule has 0 saturated carbocycles. The van der Waals surface area contributed by atoms with Gasteiger partial charge in [0.1, 0.15) is 18.1 Å². The van der Waals surface area contributed by atoms with Crippen molar-refractivity contribution in [2.45, 2.75) is 26.5 Å². The van der Waals surface area contributed by atoms with Crippen LogP contribution in [0.1, 0.15) is 47.7 Å². The van der Waals surface area contributed by atoms with E-state index in [1.807, 2.05) is 91.9 Å². The van der Waals surface area contributed by atoms with Crippen molar-refractivity contribution in [3.63, 3.8) is 0 Å². The number of ether oxygens (including phenoxy) is 3. The minimum atomic E-state index is -0.800. The number of nitriles is 1. The SMILES string of the molecule is CCOC(=O)C1=C(c2ccccc2)N=c2s/c(=C\c3cc(I)cc(I)c3OCc3ccc(C#N)cc3)c(=O)n2[C@H]1c1ccc(OCC)cc1. The van der Waals surface area contributed by atoms with Gasteiger partial charge in [0.05, 0.1) is 50.3 Å². The van der Waals surface area contributed by atoms with Crippen LogP contribution in [0.5, 0.6) is 11.5 Å². The molecular formula is C38H29I2N3O5S. The van der Waals surface area contributed by atoms with E-state index < -0.39 is 12.0 Å². The summed E-state index contributed by atoms with van der Waals surface area (Å²) in [6.07, 6.45) is 1.83. The summed E-state index contributed by atoms with van der Waals surface area (Å²) in [5.74, 6) is 0.783. The first-order valence-electron chi connectivity index (χ1n) is 15.4. The highest BCUT2D eigenvalue weighted by Gasteiger charge is 2.35. The lowest BCUT2D eigenvalue weighted by molar-refractivity contribution is -0.138. The van der Waals surface area contributed by atoms with E-state index in [0.29, 0.717) is 38.7 Å². The second kappa shape index (κ2) is 15.5. The Morgan fingerprint density at radius 3 is 2.39 bits per heavy atom. The fourth-order valence-electron chi connectivity index (χ4n) is 5.48. The number of hydrogen-bond acceptors (Lipinski definition) is 8. The highest BCUT2D eigenvalue weighted by Crippen LogP contribution is 2.36. The number of rotatable bonds is 10. The molecule has 1 atom stereocenters. The molecular weight excluding hydrogens is 864 g/mol. The summed E-state index contributed by atoms with van der Waals surface area (Å²) in [4.78, 5) is 33.7. The van der Waals surface area contributed by atoms with E-state index in [0.717, 1.165) is 29.4 Å². The number of aromatic nitrogens is 1. The van der Waals surface area contributed by atoms with Crippen LogP contribution < -0.4 is 24.4 Å². The van der Waals surface area contributed by atoms with Gasteiger partial charge in [0.25, 0.3) is 5.56 Å². The van der Waals surface area contributed by atoms with Crippen LogP contribution in [0.4, 0.5) is 0 Å². The second-order valence-electron chi connectivity index (χ2n) is 10.8. The molecule has 5 aromatic rings. The van der Waals surface area contributed by atoms with Crippen LogP contribution in [0, 0.1) is 18.5 Å². The molecule has 0 radical (unpaired) electrons. The molecule has 49 heavy (non-hydrogen) atoms. The third kappa shape index (κ3) is 7.51. The number of hydrogen-bond donors (Lipinski definition) is 0. The second-order valence-corrected chi connectivity index (χ2v) is 14.3. The molecule has 0 aliphatic carbocycles. The highest BCUT2D eigenvalue weighted by atomic mass is 127. The largest absolute Gasteiger partial charge is 0.494 e. The Bertz CT molecular complexity index is 2270. The van der Waals surface area contributed by atoms with Gasteiger partial charge in [-0.05, 0) is 113 Å². The molecule has 1 aliphatic rings. The first kappa shape index (κ1) is 34.6. The van der Waals surface area contributed by atoms with Gasteiger partial charge in [-0.2, -0.15) is 5.26 Å². The Morgan fingerprint density at radius 1 is 0.980 bits per heavy atom. The van der Waals surface area contributed by atoms with Crippen LogP contribution in [0.2, 0.25) is 0 Å². The predicted octanol–water partition coefficient (Wildman–Crippen LogP) is 6.99. The predicted molar refractivity (Wildman–Crippen MR) is 206 cm³/mol. The topological polar surface area (TPSA) is 103 Å². The van der Waals surface area contributed by atoms with Crippen molar-refractivity contribution < 1.29 is 19.0 Å². The number of carbonyl (C=O) groups excluding carboxylic acids is 1. The Kier molecular flexibility index (Phi) is 11.0. The van der Waals surface area contributed by atoms with Crippen molar-refractivity contribution in [2.24, 2.45) is 4.99 Å². The molecule has 1 aromatic heterocycles. The molecule has 0 unspecified atom stereocenters. The molecule has 246 valence electrons. The third-order valence-electron chi connectivity index (χ3n) is 7.67. The molecule has 0 spiro atoms. The molecule has 2 heterocycles. The van der Waals surface area contributed by atoms with Gasteiger partial charge in [-0.1, -0.05) is 65.9 Å². The van der Waals surface area contributed by atoms with Gasteiger partial charge in [0.15, 0.2) is 4.80 Å². The van der Waals surface area contributed by atoms with Crippen LogP contribution >= 0.6 is 56.5 Å². The maximum atomic E-state index is 14.5. The summed E-state index contributed by atoms with van der Waals surface area (Å²) in [6.45, 7) is 4.63. The van der Waals surface area contributed by atoms with Crippen LogP contribution in [0.25, 0.3) is 11.8 Å². The van der Waals surface area contributed by atoms with Crippen molar-refractivity contribution in [1.82, 2.24) is 4.57 Å². The Hall–Kier alpha value is -4.26. The van der Waals surface area contributed by atoms with Gasteiger partial charge in [-0.25, -0.2) is 9.79 Å². The lowest BCUT2D eigenvalue weighted by atomic mass is 9.93. The zero-order valence-corrected chi connectivity index (χ0v) is 31.6. The van der Waals surface area contributed by atoms with E-state index in [1.165, 1.54) is 11.3 Å². The highest BCUT2D eigenvalue weighted by molar-refractivity contribution is 14.1. The molecule has 6 rings (SSSR count). The molecule has 8 nitrogen and oxygen atoms in total. The zero-order valence-electron chi connectivity index (χ0n) is 26.5. The lowest BCUT2D eigenvalue weighted by Crippen LogP contribution is -2.40. The molecule has 11 heteroatoms. The van der Waals surface area contributed by atoms with E-state index in [2.05, 4.69) is 51.3 Å². The van der Waals surface area contributed by atoms with Crippen molar-refractivity contribution in [1.29, 1.82) is 5.26 Å². The quantitative estimate of drug-likeness (QED) is 0.111. The Balaban J connectivity index is 1.53. The number of fused-ring (bicyclic) bond motifs is 1. The maximum Gasteiger partial charge on any atom is 0.338 e. The lowest BCUT2D eigenvalue weighted by Gasteiger charge is -2.26. The minimum absolute atomic E-state index is 0.168. The molecule has 4 aromatic carbocycles. The zero-order chi connectivity index (χ0) is 34.5. The van der Waals surface area contributed by atoms with Gasteiger partial charge in [0, 0.05) is 14.7 Å². The Morgan fingerprint density at radius 2 is 1.71 bits per heavy atom. The molecule has 0 amide bonds. The molecule has 0 N–H and O–H groups in total. The Labute approximate surface area is 314 Å².